The molecule has 4 heteroatoms. The highest BCUT2D eigenvalue weighted by Crippen LogP contribution is 2.20. The lowest BCUT2D eigenvalue weighted by atomic mass is 10.2. The molecule has 1 aromatic heterocycles. The second-order valence-electron chi connectivity index (χ2n) is 3.56. The lowest BCUT2D eigenvalue weighted by Gasteiger charge is -2.07. The van der Waals surface area contributed by atoms with Gasteiger partial charge in [0.25, 0.3) is 0 Å². The molecule has 0 unspecified atom stereocenters. The molecule has 17 heavy (non-hydrogen) atoms. The Bertz CT molecular complexity index is 529. The van der Waals surface area contributed by atoms with Gasteiger partial charge in [0.1, 0.15) is 11.8 Å². The molecule has 1 heterocycles. The highest BCUT2D eigenvalue weighted by molar-refractivity contribution is 9.10. The van der Waals surface area contributed by atoms with Crippen LogP contribution in [0.1, 0.15) is 11.3 Å². The number of rotatable bonds is 4. The van der Waals surface area contributed by atoms with Crippen molar-refractivity contribution >= 4 is 21.6 Å². The number of halogens is 1. The summed E-state index contributed by atoms with van der Waals surface area (Å²) in [6.45, 7) is 0.740. The number of furan rings is 1. The summed E-state index contributed by atoms with van der Waals surface area (Å²) in [5, 5.41) is 12.2. The molecule has 1 N–H and O–H groups in total. The molecule has 0 fully saturated rings. The lowest BCUT2D eigenvalue weighted by molar-refractivity contribution is 0.513. The van der Waals surface area contributed by atoms with Gasteiger partial charge in [0.15, 0.2) is 0 Å². The number of benzene rings is 1. The number of hydrogen-bond acceptors (Lipinski definition) is 3. The maximum Gasteiger partial charge on any atom is 0.105 e. The van der Waals surface area contributed by atoms with Crippen LogP contribution in [0.5, 0.6) is 0 Å². The Hall–Kier alpha value is -1.73. The minimum Gasteiger partial charge on any atom is -0.469 e. The summed E-state index contributed by atoms with van der Waals surface area (Å²) in [4.78, 5) is 0. The Balaban J connectivity index is 1.97. The Morgan fingerprint density at radius 2 is 2.24 bits per heavy atom. The van der Waals surface area contributed by atoms with E-state index in [2.05, 4.69) is 27.3 Å². The molecule has 3 nitrogen and oxygen atoms in total. The van der Waals surface area contributed by atoms with Crippen molar-refractivity contribution in [3.8, 4) is 6.07 Å². The van der Waals surface area contributed by atoms with E-state index in [0.29, 0.717) is 5.56 Å². The van der Waals surface area contributed by atoms with Crippen LogP contribution in [0.2, 0.25) is 0 Å². The van der Waals surface area contributed by atoms with E-state index in [1.54, 1.807) is 12.3 Å². The molecular formula is C13H11BrN2O. The van der Waals surface area contributed by atoms with Gasteiger partial charge in [-0.15, -0.1) is 0 Å². The predicted molar refractivity (Wildman–Crippen MR) is 69.8 cm³/mol. The highest BCUT2D eigenvalue weighted by atomic mass is 79.9. The average molecular weight is 291 g/mol. The molecule has 0 aliphatic heterocycles. The maximum absolute atomic E-state index is 9.00. The van der Waals surface area contributed by atoms with Crippen molar-refractivity contribution in [3.05, 3.63) is 52.4 Å². The first kappa shape index (κ1) is 11.7. The molecule has 1 aromatic carbocycles. The standard InChI is InChI=1S/C13H11BrN2O/c14-11-3-4-13(10(8-11)9-15)16-6-5-12-2-1-7-17-12/h1-4,7-8,16H,5-6H2. The number of nitrogens with one attached hydrogen (secondary N) is 1. The van der Waals surface area contributed by atoms with Crippen molar-refractivity contribution in [2.75, 3.05) is 11.9 Å². The summed E-state index contributed by atoms with van der Waals surface area (Å²) in [6, 6.07) is 11.6. The quantitative estimate of drug-likeness (QED) is 0.936. The van der Waals surface area contributed by atoms with Gasteiger partial charge in [0, 0.05) is 17.4 Å². The normalized spacial score (nSPS) is 9.88. The topological polar surface area (TPSA) is 49.0 Å². The maximum atomic E-state index is 9.00. The highest BCUT2D eigenvalue weighted by Gasteiger charge is 2.02. The third-order valence-corrected chi connectivity index (χ3v) is 2.86. The third kappa shape index (κ3) is 3.11. The van der Waals surface area contributed by atoms with E-state index < -0.39 is 0 Å². The summed E-state index contributed by atoms with van der Waals surface area (Å²) in [5.41, 5.74) is 1.49. The van der Waals surface area contributed by atoms with E-state index in [1.807, 2.05) is 24.3 Å². The molecule has 0 bridgehead atoms. The third-order valence-electron chi connectivity index (χ3n) is 2.37. The first-order valence-electron chi connectivity index (χ1n) is 5.25. The van der Waals surface area contributed by atoms with Gasteiger partial charge in [-0.25, -0.2) is 0 Å². The fourth-order valence-corrected chi connectivity index (χ4v) is 1.90. The zero-order valence-electron chi connectivity index (χ0n) is 9.11. The number of anilines is 1. The summed E-state index contributed by atoms with van der Waals surface area (Å²) < 4.78 is 6.14. The van der Waals surface area contributed by atoms with E-state index >= 15 is 0 Å². The minimum absolute atomic E-state index is 0.638. The monoisotopic (exact) mass is 290 g/mol. The van der Waals surface area contributed by atoms with Gasteiger partial charge in [-0.3, -0.25) is 0 Å². The summed E-state index contributed by atoms with van der Waals surface area (Å²) in [6.07, 6.45) is 2.46. The zero-order valence-corrected chi connectivity index (χ0v) is 10.7. The molecule has 0 atom stereocenters. The molecule has 0 aliphatic carbocycles. The summed E-state index contributed by atoms with van der Waals surface area (Å²) >= 11 is 3.34. The Morgan fingerprint density at radius 1 is 1.35 bits per heavy atom. The van der Waals surface area contributed by atoms with Gasteiger partial charge >= 0.3 is 0 Å². The fourth-order valence-electron chi connectivity index (χ4n) is 1.54. The van der Waals surface area contributed by atoms with E-state index in [1.165, 1.54) is 0 Å². The van der Waals surface area contributed by atoms with Crippen molar-refractivity contribution < 1.29 is 4.42 Å². The Labute approximate surface area is 108 Å². The second kappa shape index (κ2) is 5.55. The van der Waals surface area contributed by atoms with Crippen LogP contribution >= 0.6 is 15.9 Å². The molecule has 0 amide bonds. The van der Waals surface area contributed by atoms with Crippen LogP contribution in [0.3, 0.4) is 0 Å². The van der Waals surface area contributed by atoms with Crippen LogP contribution in [0.25, 0.3) is 0 Å². The van der Waals surface area contributed by atoms with Gasteiger partial charge < -0.3 is 9.73 Å². The van der Waals surface area contributed by atoms with Crippen LogP contribution in [-0.4, -0.2) is 6.54 Å². The molecular weight excluding hydrogens is 280 g/mol. The Kier molecular flexibility index (Phi) is 3.84. The Morgan fingerprint density at radius 3 is 2.94 bits per heavy atom. The number of nitriles is 1. The summed E-state index contributed by atoms with van der Waals surface area (Å²) in [7, 11) is 0. The van der Waals surface area contributed by atoms with Gasteiger partial charge in [0.05, 0.1) is 17.5 Å². The van der Waals surface area contributed by atoms with Crippen LogP contribution in [0.15, 0.2) is 45.5 Å². The van der Waals surface area contributed by atoms with Crippen molar-refractivity contribution in [1.29, 1.82) is 5.26 Å². The van der Waals surface area contributed by atoms with E-state index in [9.17, 15) is 0 Å². The molecule has 0 radical (unpaired) electrons. The van der Waals surface area contributed by atoms with E-state index in [0.717, 1.165) is 28.9 Å². The number of nitrogens with zero attached hydrogens (tertiary/aromatic N) is 1. The SMILES string of the molecule is N#Cc1cc(Br)ccc1NCCc1ccco1. The average Bonchev–Trinajstić information content (AvgIpc) is 2.84. The van der Waals surface area contributed by atoms with Gasteiger partial charge in [-0.2, -0.15) is 5.26 Å². The fraction of sp³-hybridized carbons (Fsp3) is 0.154. The van der Waals surface area contributed by atoms with Crippen LogP contribution in [0, 0.1) is 11.3 Å². The number of hydrogen-bond donors (Lipinski definition) is 1. The molecule has 0 saturated carbocycles. The lowest BCUT2D eigenvalue weighted by Crippen LogP contribution is -2.05. The van der Waals surface area contributed by atoms with Gasteiger partial charge in [0.2, 0.25) is 0 Å². The predicted octanol–water partition coefficient (Wildman–Crippen LogP) is 3.57. The van der Waals surface area contributed by atoms with E-state index in [4.69, 9.17) is 9.68 Å². The molecule has 2 rings (SSSR count). The molecule has 0 saturated heterocycles. The second-order valence-corrected chi connectivity index (χ2v) is 4.47. The zero-order chi connectivity index (χ0) is 12.1. The van der Waals surface area contributed by atoms with Crippen molar-refractivity contribution in [2.24, 2.45) is 0 Å². The van der Waals surface area contributed by atoms with Gasteiger partial charge in [-0.1, -0.05) is 15.9 Å². The summed E-state index contributed by atoms with van der Waals surface area (Å²) in [5.74, 6) is 0.938. The van der Waals surface area contributed by atoms with Crippen LogP contribution in [-0.2, 0) is 6.42 Å². The first-order chi connectivity index (χ1) is 8.29. The van der Waals surface area contributed by atoms with Crippen molar-refractivity contribution in [1.82, 2.24) is 0 Å². The van der Waals surface area contributed by atoms with Gasteiger partial charge in [-0.05, 0) is 30.3 Å². The molecule has 86 valence electrons. The minimum atomic E-state index is 0.638. The first-order valence-corrected chi connectivity index (χ1v) is 6.05. The van der Waals surface area contributed by atoms with Crippen LogP contribution in [0.4, 0.5) is 5.69 Å². The van der Waals surface area contributed by atoms with E-state index in [-0.39, 0.29) is 0 Å². The smallest absolute Gasteiger partial charge is 0.105 e. The van der Waals surface area contributed by atoms with Crippen molar-refractivity contribution in [2.45, 2.75) is 6.42 Å². The van der Waals surface area contributed by atoms with Crippen molar-refractivity contribution in [3.63, 3.8) is 0 Å². The molecule has 0 spiro atoms. The molecule has 2 aromatic rings. The largest absolute Gasteiger partial charge is 0.469 e. The van der Waals surface area contributed by atoms with Crippen LogP contribution < -0.4 is 5.32 Å². The molecule has 0 aliphatic rings.